The molecule has 1 aliphatic rings. The molecule has 1 aliphatic heterocycles. The zero-order valence-corrected chi connectivity index (χ0v) is 11.1. The SMILES string of the molecule is CCO[C@H]1OCCC[C@@H]1[C@H](OCC)C(C)C. The lowest BCUT2D eigenvalue weighted by Gasteiger charge is -2.38. The van der Waals surface area contributed by atoms with Crippen molar-refractivity contribution < 1.29 is 14.2 Å². The Morgan fingerprint density at radius 1 is 1.25 bits per heavy atom. The van der Waals surface area contributed by atoms with Crippen LogP contribution in [0.1, 0.15) is 40.5 Å². The normalized spacial score (nSPS) is 28.3. The van der Waals surface area contributed by atoms with Crippen LogP contribution < -0.4 is 0 Å². The lowest BCUT2D eigenvalue weighted by Crippen LogP contribution is -2.43. The Morgan fingerprint density at radius 3 is 2.56 bits per heavy atom. The van der Waals surface area contributed by atoms with Crippen LogP contribution >= 0.6 is 0 Å². The van der Waals surface area contributed by atoms with Gasteiger partial charge in [0.15, 0.2) is 6.29 Å². The van der Waals surface area contributed by atoms with Crippen LogP contribution in [0.4, 0.5) is 0 Å². The first-order valence-corrected chi connectivity index (χ1v) is 6.55. The average molecular weight is 230 g/mol. The molecule has 3 heteroatoms. The summed E-state index contributed by atoms with van der Waals surface area (Å²) in [5.41, 5.74) is 0. The zero-order chi connectivity index (χ0) is 12.0. The van der Waals surface area contributed by atoms with Crippen LogP contribution in [-0.2, 0) is 14.2 Å². The minimum absolute atomic E-state index is 0.0716. The summed E-state index contributed by atoms with van der Waals surface area (Å²) in [6.07, 6.45) is 2.44. The Bertz CT molecular complexity index is 180. The highest BCUT2D eigenvalue weighted by Gasteiger charge is 2.35. The predicted molar refractivity (Wildman–Crippen MR) is 64.3 cm³/mol. The van der Waals surface area contributed by atoms with E-state index in [0.29, 0.717) is 18.4 Å². The van der Waals surface area contributed by atoms with Gasteiger partial charge in [0.25, 0.3) is 0 Å². The first-order valence-electron chi connectivity index (χ1n) is 6.55. The summed E-state index contributed by atoms with van der Waals surface area (Å²) >= 11 is 0. The molecule has 0 aromatic carbocycles. The lowest BCUT2D eigenvalue weighted by atomic mass is 9.87. The lowest BCUT2D eigenvalue weighted by molar-refractivity contribution is -0.219. The first kappa shape index (κ1) is 13.9. The van der Waals surface area contributed by atoms with Crippen LogP contribution in [0.25, 0.3) is 0 Å². The van der Waals surface area contributed by atoms with Crippen molar-refractivity contribution in [3.05, 3.63) is 0 Å². The van der Waals surface area contributed by atoms with E-state index >= 15 is 0 Å². The average Bonchev–Trinajstić information content (AvgIpc) is 2.27. The Morgan fingerprint density at radius 2 is 2.00 bits per heavy atom. The van der Waals surface area contributed by atoms with E-state index in [1.165, 1.54) is 0 Å². The standard InChI is InChI=1S/C13H26O3/c1-5-14-12(10(3)4)11-8-7-9-16-13(11)15-6-2/h10-13H,5-9H2,1-4H3/t11-,12-,13+/m1/s1. The van der Waals surface area contributed by atoms with E-state index in [0.717, 1.165) is 26.1 Å². The second kappa shape index (κ2) is 7.25. The Kier molecular flexibility index (Phi) is 6.32. The van der Waals surface area contributed by atoms with Gasteiger partial charge < -0.3 is 14.2 Å². The molecular weight excluding hydrogens is 204 g/mol. The second-order valence-electron chi connectivity index (χ2n) is 4.66. The molecule has 0 amide bonds. The fraction of sp³-hybridized carbons (Fsp3) is 1.00. The first-order chi connectivity index (χ1) is 7.70. The molecule has 96 valence electrons. The molecule has 0 saturated carbocycles. The van der Waals surface area contributed by atoms with Crippen molar-refractivity contribution in [2.24, 2.45) is 11.8 Å². The third kappa shape index (κ3) is 3.72. The minimum atomic E-state index is -0.0716. The molecule has 0 unspecified atom stereocenters. The van der Waals surface area contributed by atoms with Crippen LogP contribution in [0, 0.1) is 11.8 Å². The molecule has 0 bridgehead atoms. The van der Waals surface area contributed by atoms with Crippen LogP contribution in [0.3, 0.4) is 0 Å². The second-order valence-corrected chi connectivity index (χ2v) is 4.66. The van der Waals surface area contributed by atoms with Gasteiger partial charge in [-0.3, -0.25) is 0 Å². The Hall–Kier alpha value is -0.120. The Labute approximate surface area is 99.5 Å². The van der Waals surface area contributed by atoms with Gasteiger partial charge >= 0.3 is 0 Å². The third-order valence-electron chi connectivity index (χ3n) is 3.08. The summed E-state index contributed by atoms with van der Waals surface area (Å²) in [6.45, 7) is 10.8. The van der Waals surface area contributed by atoms with Gasteiger partial charge in [0.05, 0.1) is 6.10 Å². The highest BCUT2D eigenvalue weighted by atomic mass is 16.7. The van der Waals surface area contributed by atoms with E-state index in [1.54, 1.807) is 0 Å². The number of hydrogen-bond donors (Lipinski definition) is 0. The number of hydrogen-bond acceptors (Lipinski definition) is 3. The molecule has 0 radical (unpaired) electrons. The fourth-order valence-electron chi connectivity index (χ4n) is 2.44. The van der Waals surface area contributed by atoms with E-state index in [4.69, 9.17) is 14.2 Å². The van der Waals surface area contributed by atoms with Crippen molar-refractivity contribution in [2.45, 2.75) is 52.9 Å². The van der Waals surface area contributed by atoms with Crippen LogP contribution in [0.15, 0.2) is 0 Å². The summed E-state index contributed by atoms with van der Waals surface area (Å²) < 4.78 is 17.2. The van der Waals surface area contributed by atoms with Gasteiger partial charge in [0.2, 0.25) is 0 Å². The van der Waals surface area contributed by atoms with Crippen molar-refractivity contribution in [1.29, 1.82) is 0 Å². The van der Waals surface area contributed by atoms with Crippen molar-refractivity contribution >= 4 is 0 Å². The van der Waals surface area contributed by atoms with Gasteiger partial charge in [-0.1, -0.05) is 13.8 Å². The molecule has 0 spiro atoms. The highest BCUT2D eigenvalue weighted by molar-refractivity contribution is 4.79. The van der Waals surface area contributed by atoms with Crippen LogP contribution in [0.2, 0.25) is 0 Å². The van der Waals surface area contributed by atoms with E-state index in [9.17, 15) is 0 Å². The molecule has 1 heterocycles. The van der Waals surface area contributed by atoms with Gasteiger partial charge in [0, 0.05) is 25.7 Å². The molecule has 1 rings (SSSR count). The van der Waals surface area contributed by atoms with Crippen LogP contribution in [0.5, 0.6) is 0 Å². The third-order valence-corrected chi connectivity index (χ3v) is 3.08. The van der Waals surface area contributed by atoms with Crippen molar-refractivity contribution in [3.63, 3.8) is 0 Å². The molecule has 0 aromatic rings. The summed E-state index contributed by atoms with van der Waals surface area (Å²) in [5, 5.41) is 0. The maximum absolute atomic E-state index is 5.86. The fourth-order valence-corrected chi connectivity index (χ4v) is 2.44. The highest BCUT2D eigenvalue weighted by Crippen LogP contribution is 2.30. The summed E-state index contributed by atoms with van der Waals surface area (Å²) in [5.74, 6) is 0.892. The molecule has 0 aliphatic carbocycles. The number of rotatable bonds is 6. The van der Waals surface area contributed by atoms with Crippen LogP contribution in [-0.4, -0.2) is 32.2 Å². The molecule has 1 saturated heterocycles. The molecule has 3 atom stereocenters. The summed E-state index contributed by atoms with van der Waals surface area (Å²) in [7, 11) is 0. The largest absolute Gasteiger partial charge is 0.378 e. The van der Waals surface area contributed by atoms with E-state index in [2.05, 4.69) is 20.8 Å². The zero-order valence-electron chi connectivity index (χ0n) is 11.1. The maximum Gasteiger partial charge on any atom is 0.162 e. The van der Waals surface area contributed by atoms with E-state index in [1.807, 2.05) is 6.92 Å². The van der Waals surface area contributed by atoms with Gasteiger partial charge in [-0.05, 0) is 32.6 Å². The Balaban J connectivity index is 2.62. The molecule has 16 heavy (non-hydrogen) atoms. The monoisotopic (exact) mass is 230 g/mol. The topological polar surface area (TPSA) is 27.7 Å². The quantitative estimate of drug-likeness (QED) is 0.702. The van der Waals surface area contributed by atoms with E-state index in [-0.39, 0.29) is 12.4 Å². The molecule has 0 N–H and O–H groups in total. The van der Waals surface area contributed by atoms with Crippen molar-refractivity contribution in [2.75, 3.05) is 19.8 Å². The van der Waals surface area contributed by atoms with Gasteiger partial charge in [-0.15, -0.1) is 0 Å². The van der Waals surface area contributed by atoms with Crippen molar-refractivity contribution in [1.82, 2.24) is 0 Å². The van der Waals surface area contributed by atoms with Gasteiger partial charge in [-0.25, -0.2) is 0 Å². The summed E-state index contributed by atoms with van der Waals surface area (Å²) in [6, 6.07) is 0. The van der Waals surface area contributed by atoms with Gasteiger partial charge in [0.1, 0.15) is 0 Å². The molecule has 3 nitrogen and oxygen atoms in total. The number of ether oxygens (including phenoxy) is 3. The smallest absolute Gasteiger partial charge is 0.162 e. The molecule has 0 aromatic heterocycles. The predicted octanol–water partition coefficient (Wildman–Crippen LogP) is 2.84. The molecular formula is C13H26O3. The maximum atomic E-state index is 5.86. The van der Waals surface area contributed by atoms with Gasteiger partial charge in [-0.2, -0.15) is 0 Å². The molecule has 1 fully saturated rings. The minimum Gasteiger partial charge on any atom is -0.378 e. The van der Waals surface area contributed by atoms with Crippen molar-refractivity contribution in [3.8, 4) is 0 Å². The summed E-state index contributed by atoms with van der Waals surface area (Å²) in [4.78, 5) is 0. The van der Waals surface area contributed by atoms with E-state index < -0.39 is 0 Å².